The lowest BCUT2D eigenvalue weighted by Crippen LogP contribution is -2.00. The van der Waals surface area contributed by atoms with Gasteiger partial charge in [-0.25, -0.2) is 4.79 Å². The number of benzene rings is 2. The fourth-order valence-corrected chi connectivity index (χ4v) is 1.82. The van der Waals surface area contributed by atoms with Crippen LogP contribution in [0.15, 0.2) is 42.5 Å². The minimum Gasteiger partial charge on any atom is -0.489 e. The molecule has 0 amide bonds. The third-order valence-electron chi connectivity index (χ3n) is 2.96. The first-order valence-electron chi connectivity index (χ1n) is 6.17. The monoisotopic (exact) mass is 287 g/mol. The Morgan fingerprint density at radius 1 is 1.24 bits per heavy atom. The summed E-state index contributed by atoms with van der Waals surface area (Å²) < 4.78 is 5.60. The van der Waals surface area contributed by atoms with Crippen molar-refractivity contribution in [3.63, 3.8) is 0 Å². The van der Waals surface area contributed by atoms with Gasteiger partial charge in [0.05, 0.1) is 10.5 Å². The van der Waals surface area contributed by atoms with Crippen LogP contribution in [0.3, 0.4) is 0 Å². The van der Waals surface area contributed by atoms with Gasteiger partial charge in [0.25, 0.3) is 5.69 Å². The minimum absolute atomic E-state index is 0.0285. The quantitative estimate of drug-likeness (QED) is 0.673. The number of carbonyl (C=O) groups is 1. The van der Waals surface area contributed by atoms with Gasteiger partial charge in [0, 0.05) is 12.1 Å². The van der Waals surface area contributed by atoms with E-state index in [0.717, 1.165) is 11.1 Å². The van der Waals surface area contributed by atoms with Crippen molar-refractivity contribution in [2.45, 2.75) is 13.5 Å². The summed E-state index contributed by atoms with van der Waals surface area (Å²) >= 11 is 0. The molecule has 21 heavy (non-hydrogen) atoms. The molecule has 0 aliphatic heterocycles. The van der Waals surface area contributed by atoms with Crippen molar-refractivity contribution in [1.29, 1.82) is 0 Å². The molecule has 0 aliphatic carbocycles. The molecule has 6 nitrogen and oxygen atoms in total. The molecular weight excluding hydrogens is 274 g/mol. The Kier molecular flexibility index (Phi) is 4.18. The van der Waals surface area contributed by atoms with E-state index >= 15 is 0 Å². The van der Waals surface area contributed by atoms with Gasteiger partial charge in [-0.15, -0.1) is 0 Å². The number of nitro benzene ring substituents is 1. The predicted molar refractivity (Wildman–Crippen MR) is 75.6 cm³/mol. The van der Waals surface area contributed by atoms with Crippen LogP contribution >= 0.6 is 0 Å². The highest BCUT2D eigenvalue weighted by molar-refractivity contribution is 5.88. The maximum absolute atomic E-state index is 10.8. The Morgan fingerprint density at radius 3 is 2.43 bits per heavy atom. The number of rotatable bonds is 5. The zero-order valence-electron chi connectivity index (χ0n) is 11.3. The number of hydrogen-bond donors (Lipinski definition) is 1. The van der Waals surface area contributed by atoms with Crippen molar-refractivity contribution in [2.24, 2.45) is 0 Å². The summed E-state index contributed by atoms with van der Waals surface area (Å²) in [7, 11) is 0. The van der Waals surface area contributed by atoms with E-state index in [1.807, 2.05) is 0 Å². The van der Waals surface area contributed by atoms with Gasteiger partial charge in [-0.2, -0.15) is 0 Å². The summed E-state index contributed by atoms with van der Waals surface area (Å²) in [5.74, 6) is -0.404. The van der Waals surface area contributed by atoms with Crippen molar-refractivity contribution in [3.8, 4) is 5.75 Å². The summed E-state index contributed by atoms with van der Waals surface area (Å²) in [5.41, 5.74) is 1.75. The lowest BCUT2D eigenvalue weighted by molar-refractivity contribution is -0.384. The Hall–Kier alpha value is -2.89. The number of carboxylic acid groups (broad SMARTS) is 1. The molecule has 2 aromatic carbocycles. The molecule has 0 heterocycles. The average molecular weight is 287 g/mol. The number of ether oxygens (including phenoxy) is 1. The zero-order valence-corrected chi connectivity index (χ0v) is 11.3. The van der Waals surface area contributed by atoms with Crippen LogP contribution in [-0.2, 0) is 6.61 Å². The second-order valence-electron chi connectivity index (χ2n) is 4.50. The number of carboxylic acids is 1. The van der Waals surface area contributed by atoms with Crippen LogP contribution in [0, 0.1) is 17.0 Å². The fourth-order valence-electron chi connectivity index (χ4n) is 1.82. The number of hydrogen-bond acceptors (Lipinski definition) is 4. The van der Waals surface area contributed by atoms with E-state index in [1.165, 1.54) is 24.3 Å². The average Bonchev–Trinajstić information content (AvgIpc) is 2.46. The van der Waals surface area contributed by atoms with Crippen LogP contribution in [0.25, 0.3) is 0 Å². The highest BCUT2D eigenvalue weighted by atomic mass is 16.6. The number of non-ortho nitro benzene ring substituents is 1. The lowest BCUT2D eigenvalue weighted by Gasteiger charge is -2.09. The zero-order chi connectivity index (χ0) is 15.4. The molecule has 1 N–H and O–H groups in total. The van der Waals surface area contributed by atoms with Gasteiger partial charge in [0.2, 0.25) is 0 Å². The van der Waals surface area contributed by atoms with E-state index in [9.17, 15) is 14.9 Å². The third-order valence-corrected chi connectivity index (χ3v) is 2.96. The molecule has 0 fully saturated rings. The van der Waals surface area contributed by atoms with E-state index < -0.39 is 10.9 Å². The number of aromatic carboxylic acids is 1. The smallest absolute Gasteiger partial charge is 0.335 e. The summed E-state index contributed by atoms with van der Waals surface area (Å²) in [4.78, 5) is 20.9. The van der Waals surface area contributed by atoms with Crippen LogP contribution < -0.4 is 4.74 Å². The van der Waals surface area contributed by atoms with Crippen molar-refractivity contribution < 1.29 is 19.6 Å². The second-order valence-corrected chi connectivity index (χ2v) is 4.50. The van der Waals surface area contributed by atoms with E-state index in [0.29, 0.717) is 5.75 Å². The summed E-state index contributed by atoms with van der Waals surface area (Å²) in [6, 6.07) is 10.7. The van der Waals surface area contributed by atoms with Crippen LogP contribution in [-0.4, -0.2) is 16.0 Å². The van der Waals surface area contributed by atoms with Gasteiger partial charge in [0.15, 0.2) is 0 Å². The molecule has 2 aromatic rings. The molecule has 0 unspecified atom stereocenters. The molecule has 0 radical (unpaired) electrons. The molecule has 0 bridgehead atoms. The van der Waals surface area contributed by atoms with Gasteiger partial charge in [-0.3, -0.25) is 10.1 Å². The van der Waals surface area contributed by atoms with Crippen LogP contribution in [0.4, 0.5) is 5.69 Å². The topological polar surface area (TPSA) is 89.7 Å². The molecule has 0 aliphatic rings. The number of nitro groups is 1. The summed E-state index contributed by atoms with van der Waals surface area (Å²) in [5, 5.41) is 19.4. The third kappa shape index (κ3) is 3.56. The highest BCUT2D eigenvalue weighted by Gasteiger charge is 2.08. The molecule has 0 atom stereocenters. The van der Waals surface area contributed by atoms with Crippen LogP contribution in [0.5, 0.6) is 5.75 Å². The molecule has 6 heteroatoms. The van der Waals surface area contributed by atoms with Gasteiger partial charge in [-0.1, -0.05) is 0 Å². The summed E-state index contributed by atoms with van der Waals surface area (Å²) in [6.07, 6.45) is 0. The minimum atomic E-state index is -0.986. The SMILES string of the molecule is Cc1cc(C(=O)O)ccc1OCc1ccc([N+](=O)[O-])cc1. The molecule has 0 saturated carbocycles. The number of nitrogens with zero attached hydrogens (tertiary/aromatic N) is 1. The fraction of sp³-hybridized carbons (Fsp3) is 0.133. The maximum Gasteiger partial charge on any atom is 0.335 e. The Balaban J connectivity index is 2.06. The van der Waals surface area contributed by atoms with Crippen molar-refractivity contribution in [2.75, 3.05) is 0 Å². The molecule has 0 saturated heterocycles. The van der Waals surface area contributed by atoms with Crippen molar-refractivity contribution >= 4 is 11.7 Å². The van der Waals surface area contributed by atoms with Crippen LogP contribution in [0.1, 0.15) is 21.5 Å². The van der Waals surface area contributed by atoms with Crippen LogP contribution in [0.2, 0.25) is 0 Å². The maximum atomic E-state index is 10.8. The first-order valence-corrected chi connectivity index (χ1v) is 6.17. The van der Waals surface area contributed by atoms with Gasteiger partial charge >= 0.3 is 5.97 Å². The van der Waals surface area contributed by atoms with Gasteiger partial charge in [0.1, 0.15) is 12.4 Å². The normalized spacial score (nSPS) is 10.1. The van der Waals surface area contributed by atoms with Crippen molar-refractivity contribution in [1.82, 2.24) is 0 Å². The van der Waals surface area contributed by atoms with E-state index in [4.69, 9.17) is 9.84 Å². The predicted octanol–water partition coefficient (Wildman–Crippen LogP) is 3.18. The Morgan fingerprint density at radius 2 is 1.90 bits per heavy atom. The second kappa shape index (κ2) is 6.04. The first kappa shape index (κ1) is 14.5. The van der Waals surface area contributed by atoms with Crippen molar-refractivity contribution in [3.05, 3.63) is 69.3 Å². The standard InChI is InChI=1S/C15H13NO5/c1-10-8-12(15(17)18)4-7-14(10)21-9-11-2-5-13(6-3-11)16(19)20/h2-8H,9H2,1H3,(H,17,18). The largest absolute Gasteiger partial charge is 0.489 e. The molecule has 0 spiro atoms. The highest BCUT2D eigenvalue weighted by Crippen LogP contribution is 2.21. The molecule has 0 aromatic heterocycles. The molecule has 2 rings (SSSR count). The van der Waals surface area contributed by atoms with E-state index in [-0.39, 0.29) is 17.9 Å². The Labute approximate surface area is 120 Å². The van der Waals surface area contributed by atoms with Gasteiger partial charge in [-0.05, 0) is 48.4 Å². The number of aryl methyl sites for hydroxylation is 1. The van der Waals surface area contributed by atoms with Gasteiger partial charge < -0.3 is 9.84 Å². The Bertz CT molecular complexity index is 679. The molecular formula is C15H13NO5. The first-order chi connectivity index (χ1) is 9.97. The van der Waals surface area contributed by atoms with E-state index in [1.54, 1.807) is 25.1 Å². The van der Waals surface area contributed by atoms with E-state index in [2.05, 4.69) is 0 Å². The molecule has 108 valence electrons. The summed E-state index contributed by atoms with van der Waals surface area (Å²) in [6.45, 7) is 2.02. The lowest BCUT2D eigenvalue weighted by atomic mass is 10.1.